The molecule has 1 unspecified atom stereocenters. The number of nitrogens with one attached hydrogen (secondary N) is 2. The van der Waals surface area contributed by atoms with Crippen molar-refractivity contribution in [3.8, 4) is 6.07 Å². The third-order valence-electron chi connectivity index (χ3n) is 3.60. The first-order valence-corrected chi connectivity index (χ1v) is 8.52. The molecule has 1 aromatic carbocycles. The summed E-state index contributed by atoms with van der Waals surface area (Å²) in [6.07, 6.45) is 2.97. The lowest BCUT2D eigenvalue weighted by molar-refractivity contribution is 0.415. The van der Waals surface area contributed by atoms with Crippen LogP contribution >= 0.6 is 11.8 Å². The Bertz CT molecular complexity index is 581. The maximum atomic E-state index is 9.30. The Morgan fingerprint density at radius 2 is 2.19 bits per heavy atom. The van der Waals surface area contributed by atoms with Crippen molar-refractivity contribution in [1.82, 2.24) is 10.3 Å². The second-order valence-corrected chi connectivity index (χ2v) is 6.68. The number of benzene rings is 1. The summed E-state index contributed by atoms with van der Waals surface area (Å²) in [5.41, 5.74) is 0.795. The van der Waals surface area contributed by atoms with Crippen LogP contribution in [-0.4, -0.2) is 22.8 Å². The molecule has 2 N–H and O–H groups in total. The Morgan fingerprint density at radius 3 is 2.90 bits per heavy atom. The molecule has 112 valence electrons. The van der Waals surface area contributed by atoms with E-state index < -0.39 is 5.54 Å². The van der Waals surface area contributed by atoms with E-state index >= 15 is 0 Å². The van der Waals surface area contributed by atoms with E-state index in [0.29, 0.717) is 0 Å². The van der Waals surface area contributed by atoms with Gasteiger partial charge in [-0.2, -0.15) is 5.26 Å². The van der Waals surface area contributed by atoms with Crippen molar-refractivity contribution in [3.05, 3.63) is 30.3 Å². The summed E-state index contributed by atoms with van der Waals surface area (Å²) < 4.78 is 0. The molecule has 0 fully saturated rings. The monoisotopic (exact) mass is 301 g/mol. The number of H-pyrrole nitrogens is 1. The second-order valence-electron chi connectivity index (χ2n) is 5.54. The van der Waals surface area contributed by atoms with Gasteiger partial charge in [0.05, 0.1) is 11.1 Å². The van der Waals surface area contributed by atoms with E-state index in [9.17, 15) is 5.26 Å². The maximum Gasteiger partial charge on any atom is 0.103 e. The second kappa shape index (κ2) is 7.53. The molecule has 0 saturated carbocycles. The van der Waals surface area contributed by atoms with Crippen LogP contribution < -0.4 is 5.32 Å². The molecule has 0 bridgehead atoms. The van der Waals surface area contributed by atoms with Crippen LogP contribution in [0.1, 0.15) is 33.1 Å². The first-order chi connectivity index (χ1) is 10.2. The molecular formula is C17H23N3S. The fraction of sp³-hybridized carbons (Fsp3) is 0.471. The highest BCUT2D eigenvalue weighted by molar-refractivity contribution is 7.99. The van der Waals surface area contributed by atoms with Crippen molar-refractivity contribution in [2.75, 3.05) is 12.3 Å². The maximum absolute atomic E-state index is 9.30. The molecule has 0 aliphatic heterocycles. The van der Waals surface area contributed by atoms with Crippen LogP contribution in [0.5, 0.6) is 0 Å². The van der Waals surface area contributed by atoms with Crippen LogP contribution in [0.15, 0.2) is 35.4 Å². The Balaban J connectivity index is 1.80. The Morgan fingerprint density at radius 1 is 1.38 bits per heavy atom. The number of nitriles is 1. The SMILES string of the molecule is CCCNC(C)(C#N)CCCSc1cc2ccccc2[nH]1. The molecule has 1 aromatic heterocycles. The van der Waals surface area contributed by atoms with Crippen LogP contribution in [0.25, 0.3) is 10.9 Å². The van der Waals surface area contributed by atoms with E-state index in [1.165, 1.54) is 15.9 Å². The minimum Gasteiger partial charge on any atom is -0.350 e. The Kier molecular flexibility index (Phi) is 5.72. The van der Waals surface area contributed by atoms with Crippen LogP contribution in [0.2, 0.25) is 0 Å². The van der Waals surface area contributed by atoms with Gasteiger partial charge in [-0.05, 0) is 50.6 Å². The number of rotatable bonds is 8. The van der Waals surface area contributed by atoms with E-state index in [4.69, 9.17) is 0 Å². The summed E-state index contributed by atoms with van der Waals surface area (Å²) >= 11 is 1.83. The van der Waals surface area contributed by atoms with E-state index in [1.807, 2.05) is 24.8 Å². The van der Waals surface area contributed by atoms with E-state index in [1.54, 1.807) is 0 Å². The number of aromatic amines is 1. The number of fused-ring (bicyclic) bond motifs is 1. The third-order valence-corrected chi connectivity index (χ3v) is 4.62. The fourth-order valence-electron chi connectivity index (χ4n) is 2.32. The predicted octanol–water partition coefficient (Wildman–Crippen LogP) is 4.32. The van der Waals surface area contributed by atoms with E-state index in [0.717, 1.165) is 31.6 Å². The van der Waals surface area contributed by atoms with Crippen LogP contribution in [0.3, 0.4) is 0 Å². The molecule has 0 amide bonds. The number of aromatic nitrogens is 1. The molecule has 0 saturated heterocycles. The van der Waals surface area contributed by atoms with Gasteiger partial charge in [-0.1, -0.05) is 25.1 Å². The number of hydrogen-bond acceptors (Lipinski definition) is 3. The van der Waals surface area contributed by atoms with Crippen molar-refractivity contribution < 1.29 is 0 Å². The highest BCUT2D eigenvalue weighted by atomic mass is 32.2. The van der Waals surface area contributed by atoms with Crippen molar-refractivity contribution in [2.24, 2.45) is 0 Å². The molecule has 0 aliphatic carbocycles. The van der Waals surface area contributed by atoms with Gasteiger partial charge in [0.1, 0.15) is 5.54 Å². The summed E-state index contributed by atoms with van der Waals surface area (Å²) in [6.45, 7) is 5.02. The summed E-state index contributed by atoms with van der Waals surface area (Å²) in [7, 11) is 0. The van der Waals surface area contributed by atoms with Crippen molar-refractivity contribution in [1.29, 1.82) is 5.26 Å². The molecule has 2 aromatic rings. The van der Waals surface area contributed by atoms with E-state index in [2.05, 4.69) is 47.6 Å². The lowest BCUT2D eigenvalue weighted by atomic mass is 9.98. The van der Waals surface area contributed by atoms with Crippen molar-refractivity contribution >= 4 is 22.7 Å². The summed E-state index contributed by atoms with van der Waals surface area (Å²) in [5, 5.41) is 15.1. The van der Waals surface area contributed by atoms with E-state index in [-0.39, 0.29) is 0 Å². The zero-order valence-electron chi connectivity index (χ0n) is 12.8. The average Bonchev–Trinajstić information content (AvgIpc) is 2.92. The predicted molar refractivity (Wildman–Crippen MR) is 90.6 cm³/mol. The van der Waals surface area contributed by atoms with Gasteiger partial charge in [-0.15, -0.1) is 11.8 Å². The highest BCUT2D eigenvalue weighted by Crippen LogP contribution is 2.24. The first kappa shape index (κ1) is 15.9. The first-order valence-electron chi connectivity index (χ1n) is 7.54. The quantitative estimate of drug-likeness (QED) is 0.564. The van der Waals surface area contributed by atoms with Crippen molar-refractivity contribution in [3.63, 3.8) is 0 Å². The topological polar surface area (TPSA) is 51.6 Å². The molecule has 3 nitrogen and oxygen atoms in total. The highest BCUT2D eigenvalue weighted by Gasteiger charge is 2.21. The van der Waals surface area contributed by atoms with Gasteiger partial charge in [-0.25, -0.2) is 0 Å². The van der Waals surface area contributed by atoms with Gasteiger partial charge < -0.3 is 4.98 Å². The molecule has 0 aliphatic rings. The lowest BCUT2D eigenvalue weighted by Crippen LogP contribution is -2.41. The van der Waals surface area contributed by atoms with Crippen LogP contribution in [-0.2, 0) is 0 Å². The molecule has 2 rings (SSSR count). The van der Waals surface area contributed by atoms with Gasteiger partial charge in [0.25, 0.3) is 0 Å². The number of para-hydroxylation sites is 1. The average molecular weight is 301 g/mol. The molecule has 21 heavy (non-hydrogen) atoms. The normalized spacial score (nSPS) is 14.0. The molecule has 1 atom stereocenters. The Hall–Kier alpha value is -1.44. The standard InChI is InChI=1S/C17H23N3S/c1-3-10-19-17(2,13-18)9-6-11-21-16-12-14-7-4-5-8-15(14)20-16/h4-5,7-8,12,19-20H,3,6,9-11H2,1-2H3. The molecular weight excluding hydrogens is 278 g/mol. The van der Waals surface area contributed by atoms with Crippen LogP contribution in [0, 0.1) is 11.3 Å². The largest absolute Gasteiger partial charge is 0.350 e. The number of nitrogens with zero attached hydrogens (tertiary/aromatic N) is 1. The molecule has 0 radical (unpaired) electrons. The summed E-state index contributed by atoms with van der Waals surface area (Å²) in [5.74, 6) is 1.03. The smallest absolute Gasteiger partial charge is 0.103 e. The summed E-state index contributed by atoms with van der Waals surface area (Å²) in [6, 6.07) is 12.9. The number of hydrogen-bond donors (Lipinski definition) is 2. The zero-order valence-corrected chi connectivity index (χ0v) is 13.6. The number of thioether (sulfide) groups is 1. The molecule has 0 spiro atoms. The molecule has 4 heteroatoms. The van der Waals surface area contributed by atoms with Gasteiger partial charge >= 0.3 is 0 Å². The minimum atomic E-state index is -0.392. The van der Waals surface area contributed by atoms with Gasteiger partial charge in [0, 0.05) is 10.9 Å². The Labute approximate surface area is 131 Å². The molecule has 1 heterocycles. The van der Waals surface area contributed by atoms with Gasteiger partial charge in [0.2, 0.25) is 0 Å². The zero-order chi connectivity index (χ0) is 15.1. The van der Waals surface area contributed by atoms with Crippen molar-refractivity contribution in [2.45, 2.75) is 43.7 Å². The minimum absolute atomic E-state index is 0.392. The van der Waals surface area contributed by atoms with Crippen LogP contribution in [0.4, 0.5) is 0 Å². The van der Waals surface area contributed by atoms with Gasteiger partial charge in [-0.3, -0.25) is 5.32 Å². The summed E-state index contributed by atoms with van der Waals surface area (Å²) in [4.78, 5) is 3.42. The lowest BCUT2D eigenvalue weighted by Gasteiger charge is -2.22. The fourth-order valence-corrected chi connectivity index (χ4v) is 3.22. The van der Waals surface area contributed by atoms with Gasteiger partial charge in [0.15, 0.2) is 0 Å². The third kappa shape index (κ3) is 4.52.